The van der Waals surface area contributed by atoms with Gasteiger partial charge in [0.2, 0.25) is 0 Å². The minimum absolute atomic E-state index is 0.0940. The number of rotatable bonds is 5. The number of nitro benzene ring substituents is 1. The molecule has 0 saturated carbocycles. The van der Waals surface area contributed by atoms with E-state index in [-0.39, 0.29) is 17.9 Å². The quantitative estimate of drug-likeness (QED) is 0.434. The van der Waals surface area contributed by atoms with E-state index in [4.69, 9.17) is 0 Å². The van der Waals surface area contributed by atoms with Gasteiger partial charge in [0.25, 0.3) is 5.69 Å². The summed E-state index contributed by atoms with van der Waals surface area (Å²) in [5.41, 5.74) is 0.798. The average molecular weight is 335 g/mol. The van der Waals surface area contributed by atoms with E-state index >= 15 is 0 Å². The monoisotopic (exact) mass is 335 g/mol. The number of benzene rings is 1. The topological polar surface area (TPSA) is 122 Å². The summed E-state index contributed by atoms with van der Waals surface area (Å²) >= 11 is 1.41. The van der Waals surface area contributed by atoms with E-state index in [2.05, 4.69) is 10.6 Å². The predicted octanol–water partition coefficient (Wildman–Crippen LogP) is 1.44. The summed E-state index contributed by atoms with van der Waals surface area (Å²) in [6.45, 7) is -0.0940. The van der Waals surface area contributed by atoms with E-state index in [1.54, 1.807) is 16.8 Å². The molecule has 0 aliphatic heterocycles. The Morgan fingerprint density at radius 1 is 1.22 bits per heavy atom. The number of aliphatic hydroxyl groups excluding tert-OH is 1. The fourth-order valence-electron chi connectivity index (χ4n) is 1.71. The van der Waals surface area contributed by atoms with Crippen molar-refractivity contribution >= 4 is 34.5 Å². The summed E-state index contributed by atoms with van der Waals surface area (Å²) in [6.07, 6.45) is -0.891. The third-order valence-electron chi connectivity index (χ3n) is 2.93. The van der Waals surface area contributed by atoms with Crippen LogP contribution in [-0.4, -0.2) is 28.4 Å². The van der Waals surface area contributed by atoms with Gasteiger partial charge in [0.15, 0.2) is 0 Å². The molecule has 23 heavy (non-hydrogen) atoms. The maximum atomic E-state index is 11.7. The molecule has 1 atom stereocenters. The summed E-state index contributed by atoms with van der Waals surface area (Å²) < 4.78 is 0. The Bertz CT molecular complexity index is 700. The lowest BCUT2D eigenvalue weighted by molar-refractivity contribution is -0.384. The lowest BCUT2D eigenvalue weighted by Crippen LogP contribution is -2.37. The number of nitrogens with one attached hydrogen (secondary N) is 2. The molecule has 2 aromatic rings. The van der Waals surface area contributed by atoms with Crippen molar-refractivity contribution < 1.29 is 19.6 Å². The highest BCUT2D eigenvalue weighted by Crippen LogP contribution is 2.16. The number of hydrogen-bond donors (Lipinski definition) is 3. The highest BCUT2D eigenvalue weighted by molar-refractivity contribution is 7.07. The minimum Gasteiger partial charge on any atom is -0.387 e. The van der Waals surface area contributed by atoms with Crippen LogP contribution in [0.3, 0.4) is 0 Å². The number of aliphatic hydroxyl groups is 1. The number of nitrogens with zero attached hydrogens (tertiary/aromatic N) is 1. The molecule has 2 amide bonds. The van der Waals surface area contributed by atoms with Crippen LogP contribution in [0.1, 0.15) is 11.7 Å². The molecule has 3 N–H and O–H groups in total. The summed E-state index contributed by atoms with van der Waals surface area (Å²) in [5, 5.41) is 28.5. The van der Waals surface area contributed by atoms with Crippen LogP contribution in [-0.2, 0) is 9.59 Å². The van der Waals surface area contributed by atoms with Crippen LogP contribution < -0.4 is 10.6 Å². The number of non-ortho nitro benzene ring substituents is 1. The molecule has 9 heteroatoms. The molecule has 0 spiro atoms. The Morgan fingerprint density at radius 2 is 1.91 bits per heavy atom. The van der Waals surface area contributed by atoms with E-state index in [1.807, 2.05) is 0 Å². The predicted molar refractivity (Wildman–Crippen MR) is 84.0 cm³/mol. The number of amides is 2. The zero-order valence-electron chi connectivity index (χ0n) is 11.8. The van der Waals surface area contributed by atoms with Crippen molar-refractivity contribution in [3.05, 3.63) is 56.8 Å². The molecule has 1 aromatic carbocycles. The van der Waals surface area contributed by atoms with Gasteiger partial charge in [-0.2, -0.15) is 11.3 Å². The average Bonchev–Trinajstić information content (AvgIpc) is 3.07. The highest BCUT2D eigenvalue weighted by Gasteiger charge is 2.16. The first-order valence-electron chi connectivity index (χ1n) is 6.51. The summed E-state index contributed by atoms with van der Waals surface area (Å²) in [5.74, 6) is -1.82. The Morgan fingerprint density at radius 3 is 2.48 bits per heavy atom. The molecular formula is C14H13N3O5S. The molecule has 2 rings (SSSR count). The Labute approximate surface area is 134 Å². The van der Waals surface area contributed by atoms with Gasteiger partial charge in [-0.25, -0.2) is 0 Å². The molecule has 0 bridgehead atoms. The lowest BCUT2D eigenvalue weighted by Gasteiger charge is -2.10. The number of hydrogen-bond acceptors (Lipinski definition) is 6. The van der Waals surface area contributed by atoms with Crippen LogP contribution in [0.5, 0.6) is 0 Å². The van der Waals surface area contributed by atoms with Gasteiger partial charge in [-0.05, 0) is 34.5 Å². The summed E-state index contributed by atoms with van der Waals surface area (Å²) in [4.78, 5) is 33.3. The first-order chi connectivity index (χ1) is 11.0. The Hall–Kier alpha value is -2.78. The Balaban J connectivity index is 1.85. The summed E-state index contributed by atoms with van der Waals surface area (Å²) in [6, 6.07) is 6.80. The van der Waals surface area contributed by atoms with Crippen LogP contribution in [0.15, 0.2) is 41.1 Å². The molecule has 0 fully saturated rings. The maximum absolute atomic E-state index is 11.7. The van der Waals surface area contributed by atoms with Crippen LogP contribution in [0, 0.1) is 10.1 Å². The molecule has 1 heterocycles. The van der Waals surface area contributed by atoms with Gasteiger partial charge >= 0.3 is 11.8 Å². The second kappa shape index (κ2) is 7.47. The van der Waals surface area contributed by atoms with Crippen molar-refractivity contribution in [2.75, 3.05) is 11.9 Å². The molecule has 0 radical (unpaired) electrons. The largest absolute Gasteiger partial charge is 0.387 e. The normalized spacial score (nSPS) is 11.5. The van der Waals surface area contributed by atoms with E-state index in [1.165, 1.54) is 35.6 Å². The van der Waals surface area contributed by atoms with Crippen molar-refractivity contribution in [3.8, 4) is 0 Å². The van der Waals surface area contributed by atoms with Gasteiger partial charge in [0, 0.05) is 24.4 Å². The number of thiophene rings is 1. The van der Waals surface area contributed by atoms with Crippen LogP contribution in [0.4, 0.5) is 11.4 Å². The smallest absolute Gasteiger partial charge is 0.313 e. The zero-order valence-corrected chi connectivity index (χ0v) is 12.6. The molecule has 0 aliphatic rings. The van der Waals surface area contributed by atoms with Gasteiger partial charge in [-0.1, -0.05) is 0 Å². The lowest BCUT2D eigenvalue weighted by atomic mass is 10.2. The van der Waals surface area contributed by atoms with Crippen molar-refractivity contribution in [1.82, 2.24) is 5.32 Å². The van der Waals surface area contributed by atoms with E-state index in [0.29, 0.717) is 5.56 Å². The number of anilines is 1. The van der Waals surface area contributed by atoms with Gasteiger partial charge in [-0.15, -0.1) is 0 Å². The first kappa shape index (κ1) is 16.6. The van der Waals surface area contributed by atoms with Crippen LogP contribution in [0.25, 0.3) is 0 Å². The van der Waals surface area contributed by atoms with Crippen molar-refractivity contribution in [3.63, 3.8) is 0 Å². The second-order valence-electron chi connectivity index (χ2n) is 4.54. The summed E-state index contributed by atoms with van der Waals surface area (Å²) in [7, 11) is 0. The number of carbonyl (C=O) groups is 2. The standard InChI is InChI=1S/C14H13N3O5S/c18-12(9-5-6-23-8-9)7-15-13(19)14(20)16-10-1-3-11(4-2-10)17(21)22/h1-6,8,12,18H,7H2,(H,15,19)(H,16,20). The Kier molecular flexibility index (Phi) is 5.39. The zero-order chi connectivity index (χ0) is 16.8. The third-order valence-corrected chi connectivity index (χ3v) is 3.63. The third kappa shape index (κ3) is 4.59. The molecule has 120 valence electrons. The minimum atomic E-state index is -0.920. The van der Waals surface area contributed by atoms with E-state index < -0.39 is 22.8 Å². The molecule has 1 unspecified atom stereocenters. The molecule has 0 aliphatic carbocycles. The van der Waals surface area contributed by atoms with Gasteiger partial charge < -0.3 is 15.7 Å². The number of carbonyl (C=O) groups excluding carboxylic acids is 2. The van der Waals surface area contributed by atoms with Crippen molar-refractivity contribution in [2.45, 2.75) is 6.10 Å². The molecule has 1 aromatic heterocycles. The molecule has 8 nitrogen and oxygen atoms in total. The number of nitro groups is 1. The molecular weight excluding hydrogens is 322 g/mol. The molecule has 0 saturated heterocycles. The van der Waals surface area contributed by atoms with Crippen LogP contribution >= 0.6 is 11.3 Å². The van der Waals surface area contributed by atoms with Gasteiger partial charge in [0.1, 0.15) is 0 Å². The van der Waals surface area contributed by atoms with Gasteiger partial charge in [-0.3, -0.25) is 19.7 Å². The van der Waals surface area contributed by atoms with Crippen LogP contribution in [0.2, 0.25) is 0 Å². The fraction of sp³-hybridized carbons (Fsp3) is 0.143. The van der Waals surface area contributed by atoms with Gasteiger partial charge in [0.05, 0.1) is 11.0 Å². The van der Waals surface area contributed by atoms with Crippen molar-refractivity contribution in [2.24, 2.45) is 0 Å². The fourth-order valence-corrected chi connectivity index (χ4v) is 2.41. The highest BCUT2D eigenvalue weighted by atomic mass is 32.1. The second-order valence-corrected chi connectivity index (χ2v) is 5.32. The first-order valence-corrected chi connectivity index (χ1v) is 7.45. The van der Waals surface area contributed by atoms with Crippen molar-refractivity contribution in [1.29, 1.82) is 0 Å². The maximum Gasteiger partial charge on any atom is 0.313 e. The SMILES string of the molecule is O=C(NCC(O)c1ccsc1)C(=O)Nc1ccc([N+](=O)[O-])cc1. The van der Waals surface area contributed by atoms with E-state index in [0.717, 1.165) is 0 Å². The van der Waals surface area contributed by atoms with E-state index in [9.17, 15) is 24.8 Å².